The third-order valence-corrected chi connectivity index (χ3v) is 3.01. The van der Waals surface area contributed by atoms with E-state index in [9.17, 15) is 4.79 Å². The van der Waals surface area contributed by atoms with Gasteiger partial charge in [-0.1, -0.05) is 0 Å². The van der Waals surface area contributed by atoms with Gasteiger partial charge >= 0.3 is 0 Å². The van der Waals surface area contributed by atoms with E-state index in [2.05, 4.69) is 4.37 Å². The first-order chi connectivity index (χ1) is 6.77. The van der Waals surface area contributed by atoms with Crippen molar-refractivity contribution in [2.24, 2.45) is 0 Å². The lowest BCUT2D eigenvalue weighted by Gasteiger charge is -2.25. The molecule has 14 heavy (non-hydrogen) atoms. The summed E-state index contributed by atoms with van der Waals surface area (Å²) >= 11 is 1.18. The highest BCUT2D eigenvalue weighted by atomic mass is 32.1. The average Bonchev–Trinajstić information content (AvgIpc) is 2.65. The average molecular weight is 211 g/mol. The van der Waals surface area contributed by atoms with Gasteiger partial charge in [-0.05, 0) is 30.8 Å². The maximum absolute atomic E-state index is 11.8. The Balaban J connectivity index is 2.07. The van der Waals surface area contributed by atoms with Crippen LogP contribution in [0.1, 0.15) is 29.8 Å². The second-order valence-corrected chi connectivity index (χ2v) is 4.30. The summed E-state index contributed by atoms with van der Waals surface area (Å²) in [6.07, 6.45) is 3.43. The molecule has 0 spiro atoms. The number of nitrogens with two attached hydrogens (primary N) is 1. The van der Waals surface area contributed by atoms with E-state index in [4.69, 9.17) is 5.73 Å². The minimum absolute atomic E-state index is 0.0256. The predicted octanol–water partition coefficient (Wildman–Crippen LogP) is 1.35. The molecule has 0 radical (unpaired) electrons. The molecule has 0 saturated carbocycles. The highest BCUT2D eigenvalue weighted by Gasteiger charge is 2.19. The number of carbonyl (C=O) groups is 1. The molecule has 1 aromatic rings. The van der Waals surface area contributed by atoms with E-state index in [0.717, 1.165) is 25.9 Å². The summed E-state index contributed by atoms with van der Waals surface area (Å²) in [6.45, 7) is 1.71. The highest BCUT2D eigenvalue weighted by Crippen LogP contribution is 2.16. The molecule has 0 aliphatic carbocycles. The molecule has 1 aliphatic heterocycles. The van der Waals surface area contributed by atoms with Crippen molar-refractivity contribution < 1.29 is 4.79 Å². The van der Waals surface area contributed by atoms with E-state index in [1.165, 1.54) is 18.0 Å². The zero-order valence-electron chi connectivity index (χ0n) is 7.90. The summed E-state index contributed by atoms with van der Waals surface area (Å²) in [6, 6.07) is 1.65. The van der Waals surface area contributed by atoms with Gasteiger partial charge in [0.05, 0.1) is 0 Å². The van der Waals surface area contributed by atoms with E-state index in [0.29, 0.717) is 10.7 Å². The quantitative estimate of drug-likeness (QED) is 0.762. The Morgan fingerprint density at radius 1 is 1.43 bits per heavy atom. The standard InChI is InChI=1S/C9H13N3OS/c10-8-6-7(11-14-8)9(13)12-4-2-1-3-5-12/h6H,1-5,10H2. The fourth-order valence-electron chi connectivity index (χ4n) is 1.65. The van der Waals surface area contributed by atoms with Crippen LogP contribution in [0.2, 0.25) is 0 Å². The van der Waals surface area contributed by atoms with Crippen molar-refractivity contribution in [2.75, 3.05) is 18.8 Å². The first kappa shape index (κ1) is 9.45. The van der Waals surface area contributed by atoms with Crippen LogP contribution in [0, 0.1) is 0 Å². The van der Waals surface area contributed by atoms with Crippen LogP contribution in [0.4, 0.5) is 5.00 Å². The topological polar surface area (TPSA) is 59.2 Å². The molecule has 2 heterocycles. The second kappa shape index (κ2) is 3.96. The van der Waals surface area contributed by atoms with Gasteiger partial charge in [0.2, 0.25) is 0 Å². The summed E-state index contributed by atoms with van der Waals surface area (Å²) in [4.78, 5) is 13.7. The summed E-state index contributed by atoms with van der Waals surface area (Å²) in [7, 11) is 0. The zero-order chi connectivity index (χ0) is 9.97. The van der Waals surface area contributed by atoms with Gasteiger partial charge in [0, 0.05) is 19.2 Å². The van der Waals surface area contributed by atoms with Crippen LogP contribution in [0.25, 0.3) is 0 Å². The molecule has 0 atom stereocenters. The molecule has 1 aliphatic rings. The van der Waals surface area contributed by atoms with E-state index >= 15 is 0 Å². The van der Waals surface area contributed by atoms with Crippen LogP contribution in [-0.2, 0) is 0 Å². The van der Waals surface area contributed by atoms with Gasteiger partial charge in [-0.15, -0.1) is 0 Å². The first-order valence-corrected chi connectivity index (χ1v) is 5.56. The number of hydrogen-bond acceptors (Lipinski definition) is 4. The molecule has 0 unspecified atom stereocenters. The molecule has 1 fully saturated rings. The Morgan fingerprint density at radius 3 is 2.71 bits per heavy atom. The maximum Gasteiger partial charge on any atom is 0.273 e. The molecule has 0 bridgehead atoms. The van der Waals surface area contributed by atoms with Crippen molar-refractivity contribution in [1.82, 2.24) is 9.27 Å². The van der Waals surface area contributed by atoms with Crippen LogP contribution in [0.3, 0.4) is 0 Å². The third-order valence-electron chi connectivity index (χ3n) is 2.39. The lowest BCUT2D eigenvalue weighted by Crippen LogP contribution is -2.35. The number of anilines is 1. The fourth-order valence-corrected chi connectivity index (χ4v) is 2.15. The fraction of sp³-hybridized carbons (Fsp3) is 0.556. The van der Waals surface area contributed by atoms with Gasteiger partial charge in [-0.25, -0.2) is 0 Å². The van der Waals surface area contributed by atoms with E-state index in [-0.39, 0.29) is 5.91 Å². The summed E-state index contributed by atoms with van der Waals surface area (Å²) < 4.78 is 4.02. The normalized spacial score (nSPS) is 17.0. The Morgan fingerprint density at radius 2 is 2.14 bits per heavy atom. The SMILES string of the molecule is Nc1cc(C(=O)N2CCCCC2)ns1. The van der Waals surface area contributed by atoms with Crippen molar-refractivity contribution in [1.29, 1.82) is 0 Å². The number of nitrogens with zero attached hydrogens (tertiary/aromatic N) is 2. The van der Waals surface area contributed by atoms with Gasteiger partial charge < -0.3 is 10.6 Å². The molecular formula is C9H13N3OS. The zero-order valence-corrected chi connectivity index (χ0v) is 8.72. The molecule has 5 heteroatoms. The smallest absolute Gasteiger partial charge is 0.273 e. The summed E-state index contributed by atoms with van der Waals surface area (Å²) in [5.41, 5.74) is 6.03. The van der Waals surface area contributed by atoms with Crippen LogP contribution < -0.4 is 5.73 Å². The van der Waals surface area contributed by atoms with E-state index in [1.807, 2.05) is 4.90 Å². The van der Waals surface area contributed by atoms with Crippen LogP contribution >= 0.6 is 11.5 Å². The molecule has 76 valence electrons. The van der Waals surface area contributed by atoms with Crippen LogP contribution in [0.15, 0.2) is 6.07 Å². The van der Waals surface area contributed by atoms with Crippen LogP contribution in [0.5, 0.6) is 0 Å². The van der Waals surface area contributed by atoms with Crippen molar-refractivity contribution in [3.05, 3.63) is 11.8 Å². The Hall–Kier alpha value is -1.10. The number of hydrogen-bond donors (Lipinski definition) is 1. The molecule has 4 nitrogen and oxygen atoms in total. The molecule has 1 saturated heterocycles. The molecule has 0 aromatic carbocycles. The number of likely N-dealkylation sites (tertiary alicyclic amines) is 1. The lowest BCUT2D eigenvalue weighted by molar-refractivity contribution is 0.0719. The third kappa shape index (κ3) is 1.87. The number of rotatable bonds is 1. The van der Waals surface area contributed by atoms with Crippen molar-refractivity contribution in [2.45, 2.75) is 19.3 Å². The highest BCUT2D eigenvalue weighted by molar-refractivity contribution is 7.10. The van der Waals surface area contributed by atoms with Crippen molar-refractivity contribution >= 4 is 22.4 Å². The summed E-state index contributed by atoms with van der Waals surface area (Å²) in [5, 5.41) is 0.602. The summed E-state index contributed by atoms with van der Waals surface area (Å²) in [5.74, 6) is 0.0256. The first-order valence-electron chi connectivity index (χ1n) is 4.79. The minimum atomic E-state index is 0.0256. The molecular weight excluding hydrogens is 198 g/mol. The Kier molecular flexibility index (Phi) is 2.67. The number of nitrogen functional groups attached to an aromatic ring is 1. The van der Waals surface area contributed by atoms with Gasteiger partial charge in [0.15, 0.2) is 0 Å². The molecule has 2 N–H and O–H groups in total. The minimum Gasteiger partial charge on any atom is -0.389 e. The van der Waals surface area contributed by atoms with E-state index in [1.54, 1.807) is 6.07 Å². The van der Waals surface area contributed by atoms with Gasteiger partial charge in [0.1, 0.15) is 10.7 Å². The Labute approximate surface area is 86.9 Å². The molecule has 1 aromatic heterocycles. The van der Waals surface area contributed by atoms with E-state index < -0.39 is 0 Å². The number of carbonyl (C=O) groups excluding carboxylic acids is 1. The largest absolute Gasteiger partial charge is 0.389 e. The van der Waals surface area contributed by atoms with Gasteiger partial charge in [0.25, 0.3) is 5.91 Å². The lowest BCUT2D eigenvalue weighted by atomic mass is 10.1. The van der Waals surface area contributed by atoms with Crippen LogP contribution in [-0.4, -0.2) is 28.3 Å². The van der Waals surface area contributed by atoms with Gasteiger partial charge in [-0.3, -0.25) is 4.79 Å². The monoisotopic (exact) mass is 211 g/mol. The van der Waals surface area contributed by atoms with Crippen molar-refractivity contribution in [3.8, 4) is 0 Å². The number of piperidine rings is 1. The number of amides is 1. The van der Waals surface area contributed by atoms with Crippen molar-refractivity contribution in [3.63, 3.8) is 0 Å². The molecule has 2 rings (SSSR count). The Bertz CT molecular complexity index is 331. The second-order valence-electron chi connectivity index (χ2n) is 3.47. The predicted molar refractivity (Wildman–Crippen MR) is 56.3 cm³/mol. The maximum atomic E-state index is 11.8. The number of aromatic nitrogens is 1. The molecule has 1 amide bonds. The van der Waals surface area contributed by atoms with Gasteiger partial charge in [-0.2, -0.15) is 4.37 Å².